The largest absolute Gasteiger partial charge is 1.00 e. The topological polar surface area (TPSA) is 43.4 Å². The number of halogens is 1. The maximum Gasteiger partial charge on any atom is 1.00 e. The molecule has 1 saturated heterocycles. The van der Waals surface area contributed by atoms with Gasteiger partial charge in [0.05, 0.1) is 15.9 Å². The maximum atomic E-state index is 10.7. The average Bonchev–Trinajstić information content (AvgIpc) is 2.62. The smallest absolute Gasteiger partial charge is 0.544 e. The average molecular weight is 300 g/mol. The molecular formula is C10H11ClNNaO2S2. The Labute approximate surface area is 136 Å². The summed E-state index contributed by atoms with van der Waals surface area (Å²) in [6.07, 6.45) is 0. The summed E-state index contributed by atoms with van der Waals surface area (Å²) in [5.74, 6) is 1.08. The molecule has 0 N–H and O–H groups in total. The second kappa shape index (κ2) is 7.38. The first-order valence-electron chi connectivity index (χ1n) is 4.96. The van der Waals surface area contributed by atoms with Gasteiger partial charge in [-0.05, 0) is 10.9 Å². The van der Waals surface area contributed by atoms with Gasteiger partial charge in [0.15, 0.2) is 0 Å². The van der Waals surface area contributed by atoms with Crippen molar-refractivity contribution in [3.63, 3.8) is 0 Å². The molecule has 0 saturated carbocycles. The van der Waals surface area contributed by atoms with Crippen molar-refractivity contribution in [2.24, 2.45) is 0 Å². The summed E-state index contributed by atoms with van der Waals surface area (Å²) in [5, 5.41) is 12.9. The molecule has 2 rings (SSSR count). The van der Waals surface area contributed by atoms with E-state index in [2.05, 4.69) is 4.90 Å². The van der Waals surface area contributed by atoms with E-state index in [9.17, 15) is 9.90 Å². The molecule has 2 heterocycles. The van der Waals surface area contributed by atoms with Gasteiger partial charge in [-0.2, -0.15) is 11.8 Å². The Morgan fingerprint density at radius 2 is 2.12 bits per heavy atom. The van der Waals surface area contributed by atoms with Crippen LogP contribution in [0.25, 0.3) is 0 Å². The summed E-state index contributed by atoms with van der Waals surface area (Å²) >= 11 is 9.09. The molecule has 0 bridgehead atoms. The Morgan fingerprint density at radius 3 is 2.65 bits per heavy atom. The summed E-state index contributed by atoms with van der Waals surface area (Å²) < 4.78 is 0. The number of nitrogens with zero attached hydrogens (tertiary/aromatic N) is 1. The van der Waals surface area contributed by atoms with Crippen LogP contribution >= 0.6 is 34.7 Å². The number of carbonyl (C=O) groups excluding carboxylic acids is 1. The molecule has 0 atom stereocenters. The third-order valence-corrected chi connectivity index (χ3v) is 4.98. The van der Waals surface area contributed by atoms with E-state index in [0.717, 1.165) is 48.0 Å². The van der Waals surface area contributed by atoms with Crippen LogP contribution in [-0.4, -0.2) is 35.5 Å². The van der Waals surface area contributed by atoms with Crippen LogP contribution in [0.5, 0.6) is 0 Å². The summed E-state index contributed by atoms with van der Waals surface area (Å²) in [5.41, 5.74) is 0.901. The van der Waals surface area contributed by atoms with Gasteiger partial charge < -0.3 is 9.90 Å². The predicted octanol–water partition coefficient (Wildman–Crippen LogP) is -1.68. The number of hydrogen-bond donors (Lipinski definition) is 0. The monoisotopic (exact) mass is 299 g/mol. The van der Waals surface area contributed by atoms with Gasteiger partial charge in [0.1, 0.15) is 0 Å². The van der Waals surface area contributed by atoms with Gasteiger partial charge in [0.2, 0.25) is 0 Å². The fourth-order valence-corrected chi connectivity index (χ4v) is 3.78. The first kappa shape index (κ1) is 15.8. The molecule has 1 aromatic rings. The van der Waals surface area contributed by atoms with Gasteiger partial charge in [-0.1, -0.05) is 11.6 Å². The molecule has 1 aliphatic rings. The van der Waals surface area contributed by atoms with Crippen molar-refractivity contribution in [3.8, 4) is 0 Å². The Morgan fingerprint density at radius 1 is 1.47 bits per heavy atom. The van der Waals surface area contributed by atoms with E-state index in [4.69, 9.17) is 11.6 Å². The molecule has 0 amide bonds. The first-order valence-corrected chi connectivity index (χ1v) is 7.37. The Balaban J connectivity index is 0.00000144. The van der Waals surface area contributed by atoms with E-state index < -0.39 is 5.97 Å². The zero-order chi connectivity index (χ0) is 11.5. The van der Waals surface area contributed by atoms with Gasteiger partial charge in [0.25, 0.3) is 0 Å². The van der Waals surface area contributed by atoms with E-state index in [-0.39, 0.29) is 34.4 Å². The van der Waals surface area contributed by atoms with Crippen molar-refractivity contribution in [2.75, 3.05) is 24.6 Å². The van der Waals surface area contributed by atoms with Gasteiger partial charge >= 0.3 is 29.6 Å². The number of aromatic carboxylic acids is 1. The van der Waals surface area contributed by atoms with E-state index in [1.54, 1.807) is 0 Å². The molecule has 7 heteroatoms. The van der Waals surface area contributed by atoms with E-state index in [1.807, 2.05) is 17.1 Å². The van der Waals surface area contributed by atoms with Crippen molar-refractivity contribution < 1.29 is 39.5 Å². The molecule has 0 spiro atoms. The second-order valence-corrected chi connectivity index (χ2v) is 6.06. The zero-order valence-electron chi connectivity index (χ0n) is 9.57. The van der Waals surface area contributed by atoms with Crippen LogP contribution in [-0.2, 0) is 6.54 Å². The number of hydrogen-bond acceptors (Lipinski definition) is 5. The molecule has 1 fully saturated rings. The van der Waals surface area contributed by atoms with Crippen LogP contribution in [0, 0.1) is 0 Å². The summed E-state index contributed by atoms with van der Waals surface area (Å²) in [7, 11) is 0. The number of carboxylic acids is 1. The molecule has 1 aliphatic heterocycles. The van der Waals surface area contributed by atoms with Crippen LogP contribution in [0.2, 0.25) is 5.02 Å². The summed E-state index contributed by atoms with van der Waals surface area (Å²) in [4.78, 5) is 13.2. The van der Waals surface area contributed by atoms with Crippen molar-refractivity contribution in [1.82, 2.24) is 4.90 Å². The predicted molar refractivity (Wildman–Crippen MR) is 66.3 cm³/mol. The number of carboxylic acid groups (broad SMARTS) is 1. The van der Waals surface area contributed by atoms with Gasteiger partial charge in [0, 0.05) is 31.1 Å². The molecular weight excluding hydrogens is 289 g/mol. The molecule has 1 aromatic heterocycles. The number of rotatable bonds is 3. The third-order valence-electron chi connectivity index (χ3n) is 2.48. The van der Waals surface area contributed by atoms with Gasteiger partial charge in [-0.25, -0.2) is 0 Å². The Kier molecular flexibility index (Phi) is 6.87. The fourth-order valence-electron chi connectivity index (χ4n) is 1.62. The van der Waals surface area contributed by atoms with E-state index in [0.29, 0.717) is 5.02 Å². The van der Waals surface area contributed by atoms with Crippen molar-refractivity contribution in [3.05, 3.63) is 20.8 Å². The maximum absolute atomic E-state index is 10.7. The number of carbonyl (C=O) groups is 1. The third kappa shape index (κ3) is 4.13. The fraction of sp³-hybridized carbons (Fsp3) is 0.500. The summed E-state index contributed by atoms with van der Waals surface area (Å²) in [6.45, 7) is 2.82. The second-order valence-electron chi connectivity index (χ2n) is 3.58. The molecule has 0 aliphatic carbocycles. The molecule has 17 heavy (non-hydrogen) atoms. The van der Waals surface area contributed by atoms with E-state index >= 15 is 0 Å². The van der Waals surface area contributed by atoms with Crippen molar-refractivity contribution in [1.29, 1.82) is 0 Å². The minimum atomic E-state index is -1.18. The zero-order valence-corrected chi connectivity index (χ0v) is 14.0. The van der Waals surface area contributed by atoms with Crippen molar-refractivity contribution in [2.45, 2.75) is 6.54 Å². The Hall–Kier alpha value is 0.770. The normalized spacial score (nSPS) is 16.5. The van der Waals surface area contributed by atoms with Crippen LogP contribution in [0.3, 0.4) is 0 Å². The van der Waals surface area contributed by atoms with Gasteiger partial charge in [-0.15, -0.1) is 11.3 Å². The van der Waals surface area contributed by atoms with Gasteiger partial charge in [-0.3, -0.25) is 4.90 Å². The molecule has 0 unspecified atom stereocenters. The van der Waals surface area contributed by atoms with Crippen LogP contribution in [0.15, 0.2) is 5.38 Å². The molecule has 88 valence electrons. The van der Waals surface area contributed by atoms with Crippen molar-refractivity contribution >= 4 is 40.7 Å². The molecule has 0 radical (unpaired) electrons. The SMILES string of the molecule is O=C([O-])c1scc(CN2CCSCC2)c1Cl.[Na+]. The van der Waals surface area contributed by atoms with Crippen LogP contribution in [0.4, 0.5) is 0 Å². The number of thioether (sulfide) groups is 1. The van der Waals surface area contributed by atoms with Crippen LogP contribution < -0.4 is 34.7 Å². The summed E-state index contributed by atoms with van der Waals surface area (Å²) in [6, 6.07) is 0. The minimum Gasteiger partial charge on any atom is -0.544 e. The Bertz CT molecular complexity index is 394. The first-order chi connectivity index (χ1) is 7.68. The standard InChI is InChI=1S/C10H12ClNO2S2.Na/c11-8-7(6-16-9(8)10(13)14)5-12-1-3-15-4-2-12;/h6H,1-5H2,(H,13,14);/q;+1/p-1. The quantitative estimate of drug-likeness (QED) is 0.625. The van der Waals surface area contributed by atoms with E-state index in [1.165, 1.54) is 0 Å². The number of thiophene rings is 1. The minimum absolute atomic E-state index is 0. The molecule has 0 aromatic carbocycles. The molecule has 3 nitrogen and oxygen atoms in total. The van der Waals surface area contributed by atoms with Crippen LogP contribution in [0.1, 0.15) is 15.2 Å².